The zero-order valence-corrected chi connectivity index (χ0v) is 9.23. The van der Waals surface area contributed by atoms with Gasteiger partial charge in [-0.2, -0.15) is 0 Å². The third-order valence-corrected chi connectivity index (χ3v) is 2.69. The number of hydrogen-bond acceptors (Lipinski definition) is 4. The van der Waals surface area contributed by atoms with E-state index in [0.29, 0.717) is 0 Å². The Bertz CT molecular complexity index is 198. The highest BCUT2D eigenvalue weighted by molar-refractivity contribution is 5.79. The van der Waals surface area contributed by atoms with Gasteiger partial charge in [0.15, 0.2) is 0 Å². The van der Waals surface area contributed by atoms with Crippen molar-refractivity contribution in [1.29, 1.82) is 0 Å². The molecule has 0 aromatic rings. The maximum Gasteiger partial charge on any atom is 0.277 e. The number of aliphatic hydroxyl groups excluding tert-OH is 1. The molecule has 2 N–H and O–H groups in total. The van der Waals surface area contributed by atoms with Crippen molar-refractivity contribution in [3.8, 4) is 0 Å². The summed E-state index contributed by atoms with van der Waals surface area (Å²) >= 11 is 0. The summed E-state index contributed by atoms with van der Waals surface area (Å²) in [7, 11) is 2.86. The van der Waals surface area contributed by atoms with Gasteiger partial charge in [0, 0.05) is 20.3 Å². The molecule has 0 aliphatic heterocycles. The fourth-order valence-electron chi connectivity index (χ4n) is 1.80. The average Bonchev–Trinajstić information content (AvgIpc) is 2.23. The summed E-state index contributed by atoms with van der Waals surface area (Å²) in [5.74, 6) is -0.249. The van der Waals surface area contributed by atoms with Gasteiger partial charge in [0.05, 0.1) is 6.10 Å². The molecular weight excluding hydrogens is 198 g/mol. The van der Waals surface area contributed by atoms with Gasteiger partial charge in [-0.15, -0.1) is 0 Å². The first-order valence-electron chi connectivity index (χ1n) is 5.21. The minimum Gasteiger partial charge on any atom is -0.393 e. The van der Waals surface area contributed by atoms with Crippen molar-refractivity contribution in [2.75, 3.05) is 14.2 Å². The molecule has 5 heteroatoms. The molecule has 0 aromatic carbocycles. The molecule has 0 radical (unpaired) electrons. The minimum absolute atomic E-state index is 0.133. The number of ether oxygens (including phenoxy) is 2. The van der Waals surface area contributed by atoms with Gasteiger partial charge in [-0.1, -0.05) is 0 Å². The second kappa shape index (κ2) is 6.05. The van der Waals surface area contributed by atoms with Crippen LogP contribution in [0, 0.1) is 0 Å². The van der Waals surface area contributed by atoms with Crippen molar-refractivity contribution in [2.45, 2.75) is 44.1 Å². The topological polar surface area (TPSA) is 67.8 Å². The maximum absolute atomic E-state index is 11.5. The van der Waals surface area contributed by atoms with Crippen LogP contribution in [0.15, 0.2) is 0 Å². The Morgan fingerprint density at radius 3 is 2.27 bits per heavy atom. The van der Waals surface area contributed by atoms with Crippen LogP contribution in [0.3, 0.4) is 0 Å². The molecule has 15 heavy (non-hydrogen) atoms. The lowest BCUT2D eigenvalue weighted by molar-refractivity contribution is -0.160. The van der Waals surface area contributed by atoms with Crippen molar-refractivity contribution in [2.24, 2.45) is 0 Å². The van der Waals surface area contributed by atoms with Crippen LogP contribution in [0.1, 0.15) is 25.7 Å². The molecule has 1 aliphatic carbocycles. The van der Waals surface area contributed by atoms with E-state index in [1.54, 1.807) is 0 Å². The lowest BCUT2D eigenvalue weighted by atomic mass is 9.93. The average molecular weight is 217 g/mol. The first-order valence-corrected chi connectivity index (χ1v) is 5.21. The van der Waals surface area contributed by atoms with Crippen LogP contribution in [0.25, 0.3) is 0 Å². The van der Waals surface area contributed by atoms with E-state index in [1.807, 2.05) is 0 Å². The normalized spacial score (nSPS) is 26.7. The van der Waals surface area contributed by atoms with E-state index in [-0.39, 0.29) is 18.1 Å². The number of hydrogen-bond donors (Lipinski definition) is 2. The van der Waals surface area contributed by atoms with Crippen LogP contribution in [0.5, 0.6) is 0 Å². The van der Waals surface area contributed by atoms with E-state index >= 15 is 0 Å². The summed E-state index contributed by atoms with van der Waals surface area (Å²) in [5, 5.41) is 12.1. The molecule has 0 unspecified atom stereocenters. The molecule has 0 spiro atoms. The highest BCUT2D eigenvalue weighted by Crippen LogP contribution is 2.18. The van der Waals surface area contributed by atoms with E-state index in [9.17, 15) is 9.90 Å². The molecule has 0 bridgehead atoms. The Morgan fingerprint density at radius 2 is 1.80 bits per heavy atom. The molecule has 0 heterocycles. The highest BCUT2D eigenvalue weighted by atomic mass is 16.7. The van der Waals surface area contributed by atoms with Gasteiger partial charge in [-0.05, 0) is 25.7 Å². The third-order valence-electron chi connectivity index (χ3n) is 2.69. The smallest absolute Gasteiger partial charge is 0.277 e. The van der Waals surface area contributed by atoms with E-state index in [1.165, 1.54) is 14.2 Å². The van der Waals surface area contributed by atoms with Crippen LogP contribution >= 0.6 is 0 Å². The SMILES string of the molecule is COC(OC)C(=O)NC1CCC(O)CC1. The van der Waals surface area contributed by atoms with Gasteiger partial charge in [0.25, 0.3) is 5.91 Å². The minimum atomic E-state index is -0.836. The monoisotopic (exact) mass is 217 g/mol. The number of methoxy groups -OCH3 is 2. The summed E-state index contributed by atoms with van der Waals surface area (Å²) in [5.41, 5.74) is 0. The zero-order chi connectivity index (χ0) is 11.3. The molecule has 0 saturated heterocycles. The molecule has 5 nitrogen and oxygen atoms in total. The summed E-state index contributed by atoms with van der Waals surface area (Å²) in [6.07, 6.45) is 2.07. The number of carbonyl (C=O) groups is 1. The Labute approximate surface area is 89.8 Å². The number of nitrogens with one attached hydrogen (secondary N) is 1. The van der Waals surface area contributed by atoms with Gasteiger partial charge in [-0.3, -0.25) is 4.79 Å². The van der Waals surface area contributed by atoms with E-state index in [4.69, 9.17) is 9.47 Å². The molecule has 88 valence electrons. The molecular formula is C10H19NO4. The second-order valence-electron chi connectivity index (χ2n) is 3.82. The number of amides is 1. The molecule has 0 atom stereocenters. The fraction of sp³-hybridized carbons (Fsp3) is 0.900. The molecule has 1 rings (SSSR count). The number of aliphatic hydroxyl groups is 1. The van der Waals surface area contributed by atoms with Gasteiger partial charge >= 0.3 is 0 Å². The molecule has 1 saturated carbocycles. The predicted molar refractivity (Wildman–Crippen MR) is 54.2 cm³/mol. The van der Waals surface area contributed by atoms with Crippen LogP contribution in [-0.4, -0.2) is 43.7 Å². The molecule has 0 aromatic heterocycles. The Morgan fingerprint density at radius 1 is 1.27 bits per heavy atom. The van der Waals surface area contributed by atoms with Crippen molar-refractivity contribution >= 4 is 5.91 Å². The van der Waals surface area contributed by atoms with Crippen LogP contribution in [-0.2, 0) is 14.3 Å². The van der Waals surface area contributed by atoms with E-state index in [2.05, 4.69) is 5.32 Å². The molecule has 1 amide bonds. The van der Waals surface area contributed by atoms with Gasteiger partial charge in [0.2, 0.25) is 6.29 Å². The van der Waals surface area contributed by atoms with Crippen molar-refractivity contribution in [1.82, 2.24) is 5.32 Å². The van der Waals surface area contributed by atoms with Crippen LogP contribution < -0.4 is 5.32 Å². The zero-order valence-electron chi connectivity index (χ0n) is 9.23. The van der Waals surface area contributed by atoms with Crippen LogP contribution in [0.4, 0.5) is 0 Å². The van der Waals surface area contributed by atoms with E-state index in [0.717, 1.165) is 25.7 Å². The lowest BCUT2D eigenvalue weighted by Gasteiger charge is -2.27. The van der Waals surface area contributed by atoms with Crippen molar-refractivity contribution in [3.05, 3.63) is 0 Å². The molecule has 1 aliphatic rings. The fourth-order valence-corrected chi connectivity index (χ4v) is 1.80. The summed E-state index contributed by atoms with van der Waals surface area (Å²) < 4.78 is 9.68. The predicted octanol–water partition coefficient (Wildman–Crippen LogP) is 0.0250. The second-order valence-corrected chi connectivity index (χ2v) is 3.82. The Balaban J connectivity index is 2.31. The highest BCUT2D eigenvalue weighted by Gasteiger charge is 2.24. The summed E-state index contributed by atoms with van der Waals surface area (Å²) in [6.45, 7) is 0. The quantitative estimate of drug-likeness (QED) is 0.652. The third kappa shape index (κ3) is 3.77. The van der Waals surface area contributed by atoms with Crippen LogP contribution in [0.2, 0.25) is 0 Å². The Kier molecular flexibility index (Phi) is 5.01. The Hall–Kier alpha value is -0.650. The van der Waals surface area contributed by atoms with Crippen molar-refractivity contribution < 1.29 is 19.4 Å². The molecule has 1 fully saturated rings. The van der Waals surface area contributed by atoms with Gasteiger partial charge in [0.1, 0.15) is 0 Å². The summed E-state index contributed by atoms with van der Waals surface area (Å²) in [4.78, 5) is 11.5. The number of carbonyl (C=O) groups excluding carboxylic acids is 1. The van der Waals surface area contributed by atoms with Gasteiger partial charge in [-0.25, -0.2) is 0 Å². The summed E-state index contributed by atoms with van der Waals surface area (Å²) in [6, 6.07) is 0.133. The number of rotatable bonds is 4. The van der Waals surface area contributed by atoms with E-state index < -0.39 is 6.29 Å². The van der Waals surface area contributed by atoms with Crippen molar-refractivity contribution in [3.63, 3.8) is 0 Å². The standard InChI is InChI=1S/C10H19NO4/c1-14-10(15-2)9(13)11-7-3-5-8(12)6-4-7/h7-8,10,12H,3-6H2,1-2H3,(H,11,13). The maximum atomic E-state index is 11.5. The first kappa shape index (κ1) is 12.4. The first-order chi connectivity index (χ1) is 7.17. The lowest BCUT2D eigenvalue weighted by Crippen LogP contribution is -2.44. The largest absolute Gasteiger partial charge is 0.393 e. The van der Waals surface area contributed by atoms with Gasteiger partial charge < -0.3 is 19.9 Å².